The fraction of sp³-hybridized carbons (Fsp3) is 0.400. The maximum Gasteiger partial charge on any atom is 0.338 e. The molecule has 0 radical (unpaired) electrons. The molecule has 0 aliphatic carbocycles. The number of carboxylic acid groups (broad SMARTS) is 1. The summed E-state index contributed by atoms with van der Waals surface area (Å²) in [4.78, 5) is 23.9. The molecule has 0 aliphatic heterocycles. The van der Waals surface area contributed by atoms with Crippen molar-refractivity contribution in [2.24, 2.45) is 0 Å². The molecule has 0 saturated heterocycles. The van der Waals surface area contributed by atoms with E-state index in [0.29, 0.717) is 11.5 Å². The van der Waals surface area contributed by atoms with E-state index in [4.69, 9.17) is 10.2 Å². The van der Waals surface area contributed by atoms with Crippen LogP contribution in [-0.4, -0.2) is 46.8 Å². The highest BCUT2D eigenvalue weighted by molar-refractivity contribution is 7.14. The molecular weight excluding hydrogens is 244 g/mol. The summed E-state index contributed by atoms with van der Waals surface area (Å²) in [6.07, 6.45) is 0. The number of nitrogens with zero attached hydrogens (tertiary/aromatic N) is 1. The Morgan fingerprint density at radius 3 is 2.76 bits per heavy atom. The Balaban J connectivity index is 2.73. The smallest absolute Gasteiger partial charge is 0.338 e. The number of rotatable bonds is 5. The molecule has 1 aromatic rings. The Kier molecular flexibility index (Phi) is 4.92. The maximum atomic E-state index is 11.7. The summed E-state index contributed by atoms with van der Waals surface area (Å²) in [5, 5.41) is 22.1. The van der Waals surface area contributed by atoms with Gasteiger partial charge in [-0.05, 0) is 18.4 Å². The lowest BCUT2D eigenvalue weighted by molar-refractivity contribution is 0.0698. The molecule has 6 nitrogen and oxygen atoms in total. The summed E-state index contributed by atoms with van der Waals surface area (Å²) in [6.45, 7) is 2.32. The molecule has 1 aromatic heterocycles. The molecule has 0 aliphatic rings. The Morgan fingerprint density at radius 2 is 2.24 bits per heavy atom. The summed E-state index contributed by atoms with van der Waals surface area (Å²) in [5.74, 6) is -1.08. The zero-order valence-corrected chi connectivity index (χ0v) is 10.2. The lowest BCUT2D eigenvalue weighted by atomic mass is 10.3. The highest BCUT2D eigenvalue weighted by Gasteiger charge is 2.16. The van der Waals surface area contributed by atoms with Crippen LogP contribution in [0, 0.1) is 0 Å². The van der Waals surface area contributed by atoms with Crippen molar-refractivity contribution in [2.75, 3.05) is 25.0 Å². The van der Waals surface area contributed by atoms with E-state index >= 15 is 0 Å². The number of carbonyl (C=O) groups is 2. The average molecular weight is 258 g/mol. The summed E-state index contributed by atoms with van der Waals surface area (Å²) < 4.78 is 0. The largest absolute Gasteiger partial charge is 0.478 e. The van der Waals surface area contributed by atoms with Gasteiger partial charge in [0.2, 0.25) is 0 Å². The number of amides is 2. The second-order valence-corrected chi connectivity index (χ2v) is 4.12. The van der Waals surface area contributed by atoms with Gasteiger partial charge >= 0.3 is 12.0 Å². The van der Waals surface area contributed by atoms with E-state index in [9.17, 15) is 9.59 Å². The van der Waals surface area contributed by atoms with Gasteiger partial charge in [0.15, 0.2) is 0 Å². The summed E-state index contributed by atoms with van der Waals surface area (Å²) in [7, 11) is 0. The number of carbonyl (C=O) groups excluding carboxylic acids is 1. The fourth-order valence-corrected chi connectivity index (χ4v) is 2.04. The van der Waals surface area contributed by atoms with Gasteiger partial charge in [-0.1, -0.05) is 0 Å². The van der Waals surface area contributed by atoms with E-state index in [1.807, 2.05) is 0 Å². The number of nitrogens with one attached hydrogen (secondary N) is 1. The maximum absolute atomic E-state index is 11.7. The molecule has 0 atom stereocenters. The fourth-order valence-electron chi connectivity index (χ4n) is 1.27. The number of aliphatic hydroxyl groups is 1. The minimum atomic E-state index is -1.08. The van der Waals surface area contributed by atoms with Gasteiger partial charge in [0, 0.05) is 13.1 Å². The molecule has 0 saturated carbocycles. The number of urea groups is 1. The minimum absolute atomic E-state index is 0.0726. The van der Waals surface area contributed by atoms with Crippen LogP contribution in [0.2, 0.25) is 0 Å². The molecule has 1 heterocycles. The number of thiophene rings is 1. The molecule has 3 N–H and O–H groups in total. The monoisotopic (exact) mass is 258 g/mol. The lowest BCUT2D eigenvalue weighted by Crippen LogP contribution is -2.36. The number of likely N-dealkylation sites (N-methyl/N-ethyl adjacent to an activating group) is 1. The normalized spacial score (nSPS) is 10.0. The van der Waals surface area contributed by atoms with Crippen LogP contribution in [0.1, 0.15) is 17.3 Å². The Hall–Kier alpha value is -1.60. The number of aromatic carboxylic acids is 1. The first-order chi connectivity index (χ1) is 8.10. The number of anilines is 1. The van der Waals surface area contributed by atoms with Gasteiger partial charge in [-0.3, -0.25) is 5.32 Å². The second kappa shape index (κ2) is 6.21. The molecule has 0 fully saturated rings. The Labute approximate surface area is 102 Å². The third kappa shape index (κ3) is 3.43. The first-order valence-corrected chi connectivity index (χ1v) is 5.95. The topological polar surface area (TPSA) is 89.9 Å². The molecular formula is C10H14N2O4S. The standard InChI is InChI=1S/C10H14N2O4S/c1-2-12(4-5-13)10(16)11-8-7(9(14)15)3-6-17-8/h3,6,13H,2,4-5H2,1H3,(H,11,16)(H,14,15). The van der Waals surface area contributed by atoms with Crippen LogP contribution in [0.25, 0.3) is 0 Å². The van der Waals surface area contributed by atoms with Gasteiger partial charge in [-0.25, -0.2) is 9.59 Å². The first kappa shape index (κ1) is 13.5. The van der Waals surface area contributed by atoms with E-state index in [1.54, 1.807) is 12.3 Å². The number of hydrogen-bond acceptors (Lipinski definition) is 4. The van der Waals surface area contributed by atoms with Gasteiger partial charge in [-0.15, -0.1) is 11.3 Å². The van der Waals surface area contributed by atoms with Crippen molar-refractivity contribution in [1.82, 2.24) is 4.90 Å². The van der Waals surface area contributed by atoms with E-state index in [0.717, 1.165) is 11.3 Å². The molecule has 94 valence electrons. The highest BCUT2D eigenvalue weighted by atomic mass is 32.1. The number of hydrogen-bond donors (Lipinski definition) is 3. The van der Waals surface area contributed by atoms with Crippen LogP contribution < -0.4 is 5.32 Å². The third-order valence-electron chi connectivity index (χ3n) is 2.15. The van der Waals surface area contributed by atoms with Crippen LogP contribution in [0.3, 0.4) is 0 Å². The average Bonchev–Trinajstić information content (AvgIpc) is 2.73. The van der Waals surface area contributed by atoms with E-state index in [2.05, 4.69) is 5.32 Å². The zero-order valence-electron chi connectivity index (χ0n) is 9.34. The van der Waals surface area contributed by atoms with Gasteiger partial charge in [0.25, 0.3) is 0 Å². The first-order valence-electron chi connectivity index (χ1n) is 5.07. The molecule has 0 spiro atoms. The van der Waals surface area contributed by atoms with Crippen molar-refractivity contribution < 1.29 is 19.8 Å². The van der Waals surface area contributed by atoms with Crippen LogP contribution >= 0.6 is 11.3 Å². The molecule has 7 heteroatoms. The summed E-state index contributed by atoms with van der Waals surface area (Å²) in [5.41, 5.74) is 0.0726. The van der Waals surface area contributed by atoms with Crippen molar-refractivity contribution in [3.63, 3.8) is 0 Å². The molecule has 0 unspecified atom stereocenters. The molecule has 0 aromatic carbocycles. The van der Waals surface area contributed by atoms with Gasteiger partial charge < -0.3 is 15.1 Å². The quantitative estimate of drug-likeness (QED) is 0.742. The number of aliphatic hydroxyl groups excluding tert-OH is 1. The summed E-state index contributed by atoms with van der Waals surface area (Å²) >= 11 is 1.15. The van der Waals surface area contributed by atoms with Crippen LogP contribution in [0.4, 0.5) is 9.80 Å². The zero-order chi connectivity index (χ0) is 12.8. The third-order valence-corrected chi connectivity index (χ3v) is 2.98. The second-order valence-electron chi connectivity index (χ2n) is 3.20. The highest BCUT2D eigenvalue weighted by Crippen LogP contribution is 2.23. The van der Waals surface area contributed by atoms with E-state index in [-0.39, 0.29) is 18.7 Å². The molecule has 2 amide bonds. The predicted molar refractivity (Wildman–Crippen MR) is 64.6 cm³/mol. The van der Waals surface area contributed by atoms with Crippen molar-refractivity contribution in [1.29, 1.82) is 0 Å². The van der Waals surface area contributed by atoms with Crippen molar-refractivity contribution in [3.05, 3.63) is 17.0 Å². The molecule has 17 heavy (non-hydrogen) atoms. The SMILES string of the molecule is CCN(CCO)C(=O)Nc1sccc1C(=O)O. The van der Waals surface area contributed by atoms with Crippen LogP contribution in [0.15, 0.2) is 11.4 Å². The van der Waals surface area contributed by atoms with Crippen molar-refractivity contribution in [3.8, 4) is 0 Å². The molecule has 1 rings (SSSR count). The minimum Gasteiger partial charge on any atom is -0.478 e. The Morgan fingerprint density at radius 1 is 1.53 bits per heavy atom. The van der Waals surface area contributed by atoms with Crippen LogP contribution in [-0.2, 0) is 0 Å². The predicted octanol–water partition coefficient (Wildman–Crippen LogP) is 1.29. The van der Waals surface area contributed by atoms with E-state index < -0.39 is 12.0 Å². The van der Waals surface area contributed by atoms with Gasteiger partial charge in [0.05, 0.1) is 12.2 Å². The van der Waals surface area contributed by atoms with E-state index in [1.165, 1.54) is 11.0 Å². The van der Waals surface area contributed by atoms with Gasteiger partial charge in [-0.2, -0.15) is 0 Å². The Bertz CT molecular complexity index is 405. The summed E-state index contributed by atoms with van der Waals surface area (Å²) in [6, 6.07) is 1.02. The van der Waals surface area contributed by atoms with Gasteiger partial charge in [0.1, 0.15) is 5.00 Å². The molecule has 0 bridgehead atoms. The van der Waals surface area contributed by atoms with Crippen molar-refractivity contribution in [2.45, 2.75) is 6.92 Å². The number of carboxylic acids is 1. The van der Waals surface area contributed by atoms with Crippen LogP contribution in [0.5, 0.6) is 0 Å². The lowest BCUT2D eigenvalue weighted by Gasteiger charge is -2.19. The van der Waals surface area contributed by atoms with Crippen molar-refractivity contribution >= 4 is 28.3 Å².